The fourth-order valence-electron chi connectivity index (χ4n) is 3.09. The van der Waals surface area contributed by atoms with Gasteiger partial charge in [0.2, 0.25) is 5.91 Å². The van der Waals surface area contributed by atoms with Gasteiger partial charge in [0.15, 0.2) is 0 Å². The monoisotopic (exact) mass is 314 g/mol. The maximum absolute atomic E-state index is 12.5. The first-order valence-electron chi connectivity index (χ1n) is 7.45. The minimum absolute atomic E-state index is 0.109. The van der Waals surface area contributed by atoms with Gasteiger partial charge in [-0.15, -0.1) is 0 Å². The highest BCUT2D eigenvalue weighted by Crippen LogP contribution is 2.33. The van der Waals surface area contributed by atoms with Gasteiger partial charge in [-0.3, -0.25) is 19.3 Å². The Morgan fingerprint density at radius 3 is 2.52 bits per heavy atom. The van der Waals surface area contributed by atoms with Crippen LogP contribution in [0.15, 0.2) is 30.8 Å². The Balaban J connectivity index is 1.72. The topological polar surface area (TPSA) is 77.9 Å². The molecule has 6 heteroatoms. The molecule has 2 amide bonds. The Hall–Kier alpha value is -2.63. The molecule has 0 radical (unpaired) electrons. The van der Waals surface area contributed by atoms with Crippen LogP contribution in [-0.2, 0) is 9.59 Å². The van der Waals surface area contributed by atoms with Crippen LogP contribution in [0.5, 0.6) is 0 Å². The van der Waals surface area contributed by atoms with Crippen molar-refractivity contribution < 1.29 is 19.5 Å². The van der Waals surface area contributed by atoms with Crippen molar-refractivity contribution in [3.63, 3.8) is 0 Å². The summed E-state index contributed by atoms with van der Waals surface area (Å²) in [7, 11) is 0. The molecule has 6 nitrogen and oxygen atoms in total. The summed E-state index contributed by atoms with van der Waals surface area (Å²) >= 11 is 0. The Morgan fingerprint density at radius 2 is 1.96 bits per heavy atom. The van der Waals surface area contributed by atoms with E-state index in [1.165, 1.54) is 9.80 Å². The number of benzene rings is 1. The van der Waals surface area contributed by atoms with Gasteiger partial charge in [-0.25, -0.2) is 0 Å². The van der Waals surface area contributed by atoms with E-state index in [9.17, 15) is 19.5 Å². The molecule has 120 valence electrons. The number of carbonyl (C=O) groups excluding carboxylic acids is 2. The lowest BCUT2D eigenvalue weighted by molar-refractivity contribution is -0.147. The van der Waals surface area contributed by atoms with Crippen LogP contribution in [0.25, 0.3) is 5.70 Å². The predicted octanol–water partition coefficient (Wildman–Crippen LogP) is 1.44. The number of carbonyl (C=O) groups is 3. The summed E-state index contributed by atoms with van der Waals surface area (Å²) in [5, 5.41) is 9.24. The summed E-state index contributed by atoms with van der Waals surface area (Å²) in [5.74, 6) is -1.39. The third-order valence-electron chi connectivity index (χ3n) is 4.68. The van der Waals surface area contributed by atoms with E-state index in [0.717, 1.165) is 5.56 Å². The predicted molar refractivity (Wildman–Crippen MR) is 83.5 cm³/mol. The van der Waals surface area contributed by atoms with Crippen molar-refractivity contribution in [2.45, 2.75) is 13.3 Å². The second kappa shape index (κ2) is 5.22. The quantitative estimate of drug-likeness (QED) is 0.915. The van der Waals surface area contributed by atoms with Gasteiger partial charge in [0.25, 0.3) is 5.91 Å². The standard InChI is InChI=1S/C17H18N2O4/c1-11-12-5-3-4-6-13(12)15(21)19(11)9-14(20)18-8-7-17(2,10-18)16(22)23/h3-6H,1,7-10H2,2H3,(H,22,23). The minimum Gasteiger partial charge on any atom is -0.481 e. The average Bonchev–Trinajstić information content (AvgIpc) is 3.04. The van der Waals surface area contributed by atoms with Crippen LogP contribution in [0.3, 0.4) is 0 Å². The van der Waals surface area contributed by atoms with Gasteiger partial charge < -0.3 is 10.0 Å². The summed E-state index contributed by atoms with van der Waals surface area (Å²) in [5.41, 5.74) is 0.883. The zero-order valence-electron chi connectivity index (χ0n) is 12.9. The van der Waals surface area contributed by atoms with E-state index >= 15 is 0 Å². The number of carboxylic acid groups (broad SMARTS) is 1. The molecule has 0 saturated carbocycles. The Kier molecular flexibility index (Phi) is 3.47. The van der Waals surface area contributed by atoms with Crippen molar-refractivity contribution in [2.75, 3.05) is 19.6 Å². The van der Waals surface area contributed by atoms with Crippen LogP contribution >= 0.6 is 0 Å². The first-order chi connectivity index (χ1) is 10.8. The number of hydrogen-bond donors (Lipinski definition) is 1. The summed E-state index contributed by atoms with van der Waals surface area (Å²) in [6.45, 7) is 5.99. The van der Waals surface area contributed by atoms with Crippen molar-refractivity contribution in [1.82, 2.24) is 9.80 Å². The lowest BCUT2D eigenvalue weighted by Crippen LogP contribution is -2.40. The van der Waals surface area contributed by atoms with Crippen molar-refractivity contribution in [3.05, 3.63) is 42.0 Å². The van der Waals surface area contributed by atoms with Gasteiger partial charge in [-0.1, -0.05) is 24.8 Å². The fraction of sp³-hybridized carbons (Fsp3) is 0.353. The molecular formula is C17H18N2O4. The molecule has 2 heterocycles. The van der Waals surface area contributed by atoms with Crippen LogP contribution in [-0.4, -0.2) is 52.3 Å². The molecule has 0 aromatic heterocycles. The van der Waals surface area contributed by atoms with Crippen molar-refractivity contribution in [2.24, 2.45) is 5.41 Å². The molecule has 0 aliphatic carbocycles. The number of amides is 2. The molecule has 0 bridgehead atoms. The highest BCUT2D eigenvalue weighted by atomic mass is 16.4. The second-order valence-corrected chi connectivity index (χ2v) is 6.31. The Bertz CT molecular complexity index is 692. The molecule has 1 fully saturated rings. The molecule has 2 aliphatic rings. The van der Waals surface area contributed by atoms with Crippen molar-refractivity contribution in [3.8, 4) is 0 Å². The first-order valence-corrected chi connectivity index (χ1v) is 7.45. The number of rotatable bonds is 3. The van der Waals surface area contributed by atoms with Gasteiger partial charge in [-0.05, 0) is 19.4 Å². The van der Waals surface area contributed by atoms with Crippen LogP contribution in [0.2, 0.25) is 0 Å². The van der Waals surface area contributed by atoms with Gasteiger partial charge in [0.05, 0.1) is 5.41 Å². The third kappa shape index (κ3) is 2.40. The van der Waals surface area contributed by atoms with Gasteiger partial charge in [0, 0.05) is 29.9 Å². The number of nitrogens with zero attached hydrogens (tertiary/aromatic N) is 2. The van der Waals surface area contributed by atoms with E-state index in [4.69, 9.17) is 0 Å². The van der Waals surface area contributed by atoms with Crippen LogP contribution in [0.4, 0.5) is 0 Å². The van der Waals surface area contributed by atoms with E-state index < -0.39 is 11.4 Å². The van der Waals surface area contributed by atoms with E-state index in [2.05, 4.69) is 6.58 Å². The number of fused-ring (bicyclic) bond motifs is 1. The number of hydrogen-bond acceptors (Lipinski definition) is 3. The SMILES string of the molecule is C=C1c2ccccc2C(=O)N1CC(=O)N1CCC(C)(C(=O)O)C1. The Labute approximate surface area is 134 Å². The van der Waals surface area contributed by atoms with Crippen molar-refractivity contribution >= 4 is 23.5 Å². The number of carboxylic acids is 1. The van der Waals surface area contributed by atoms with Gasteiger partial charge >= 0.3 is 5.97 Å². The molecule has 23 heavy (non-hydrogen) atoms. The third-order valence-corrected chi connectivity index (χ3v) is 4.68. The number of likely N-dealkylation sites (tertiary alicyclic amines) is 1. The molecule has 1 N–H and O–H groups in total. The summed E-state index contributed by atoms with van der Waals surface area (Å²) < 4.78 is 0. The molecular weight excluding hydrogens is 296 g/mol. The molecule has 1 atom stereocenters. The molecule has 1 unspecified atom stereocenters. The zero-order valence-corrected chi connectivity index (χ0v) is 12.9. The summed E-state index contributed by atoms with van der Waals surface area (Å²) in [6, 6.07) is 7.11. The summed E-state index contributed by atoms with van der Waals surface area (Å²) in [6.07, 6.45) is 0.420. The molecule has 1 saturated heterocycles. The van der Waals surface area contributed by atoms with E-state index in [1.807, 2.05) is 6.07 Å². The molecule has 2 aliphatic heterocycles. The van der Waals surface area contributed by atoms with Crippen LogP contribution in [0, 0.1) is 5.41 Å². The highest BCUT2D eigenvalue weighted by Gasteiger charge is 2.43. The second-order valence-electron chi connectivity index (χ2n) is 6.31. The number of aliphatic carboxylic acids is 1. The molecule has 3 rings (SSSR count). The van der Waals surface area contributed by atoms with Crippen LogP contribution < -0.4 is 0 Å². The molecule has 1 aromatic rings. The fourth-order valence-corrected chi connectivity index (χ4v) is 3.09. The van der Waals surface area contributed by atoms with Gasteiger partial charge in [-0.2, -0.15) is 0 Å². The Morgan fingerprint density at radius 1 is 1.30 bits per heavy atom. The zero-order chi connectivity index (χ0) is 16.8. The smallest absolute Gasteiger partial charge is 0.311 e. The lowest BCUT2D eigenvalue weighted by Gasteiger charge is -2.23. The molecule has 0 spiro atoms. The average molecular weight is 314 g/mol. The maximum Gasteiger partial charge on any atom is 0.311 e. The van der Waals surface area contributed by atoms with Gasteiger partial charge in [0.1, 0.15) is 6.54 Å². The molecule has 1 aromatic carbocycles. The van der Waals surface area contributed by atoms with E-state index in [-0.39, 0.29) is 24.9 Å². The largest absolute Gasteiger partial charge is 0.481 e. The first kappa shape index (κ1) is 15.3. The lowest BCUT2D eigenvalue weighted by atomic mass is 9.90. The normalized spacial score (nSPS) is 23.3. The van der Waals surface area contributed by atoms with E-state index in [0.29, 0.717) is 24.2 Å². The van der Waals surface area contributed by atoms with Crippen LogP contribution in [0.1, 0.15) is 29.3 Å². The van der Waals surface area contributed by atoms with Crippen molar-refractivity contribution in [1.29, 1.82) is 0 Å². The maximum atomic E-state index is 12.5. The minimum atomic E-state index is -0.912. The highest BCUT2D eigenvalue weighted by molar-refractivity contribution is 6.10. The van der Waals surface area contributed by atoms with E-state index in [1.54, 1.807) is 25.1 Å². The summed E-state index contributed by atoms with van der Waals surface area (Å²) in [4.78, 5) is 39.0.